The van der Waals surface area contributed by atoms with Gasteiger partial charge in [0.05, 0.1) is 0 Å². The second-order valence-corrected chi connectivity index (χ2v) is 3.46. The zero-order chi connectivity index (χ0) is 11.4. The molecule has 1 heterocycles. The maximum atomic E-state index is 8.68. The van der Waals surface area contributed by atoms with Crippen molar-refractivity contribution >= 4 is 5.69 Å². The summed E-state index contributed by atoms with van der Waals surface area (Å²) in [4.78, 5) is 4.22. The summed E-state index contributed by atoms with van der Waals surface area (Å²) in [7, 11) is 0. The zero-order valence-electron chi connectivity index (χ0n) is 8.76. The molecule has 84 valence electrons. The van der Waals surface area contributed by atoms with Crippen LogP contribution in [0.5, 0.6) is 0 Å². The highest BCUT2D eigenvalue weighted by Gasteiger charge is 2.07. The van der Waals surface area contributed by atoms with Crippen LogP contribution in [-0.2, 0) is 6.42 Å². The Balaban J connectivity index is 2.15. The van der Waals surface area contributed by atoms with Crippen molar-refractivity contribution in [2.45, 2.75) is 12.8 Å². The van der Waals surface area contributed by atoms with Crippen molar-refractivity contribution in [1.29, 1.82) is 0 Å². The van der Waals surface area contributed by atoms with Crippen LogP contribution >= 0.6 is 0 Å². The predicted molar refractivity (Wildman–Crippen MR) is 59.6 cm³/mol. The van der Waals surface area contributed by atoms with Crippen LogP contribution in [0.4, 0.5) is 5.69 Å². The van der Waals surface area contributed by atoms with Crippen molar-refractivity contribution in [1.82, 2.24) is 10.1 Å². The highest BCUT2D eigenvalue weighted by Crippen LogP contribution is 2.17. The zero-order valence-corrected chi connectivity index (χ0v) is 8.76. The third-order valence-corrected chi connectivity index (χ3v) is 2.19. The first-order valence-electron chi connectivity index (χ1n) is 5.09. The van der Waals surface area contributed by atoms with Crippen LogP contribution in [0.15, 0.2) is 28.8 Å². The minimum Gasteiger partial charge on any atom is -0.399 e. The Kier molecular flexibility index (Phi) is 3.16. The van der Waals surface area contributed by atoms with E-state index in [-0.39, 0.29) is 6.61 Å². The van der Waals surface area contributed by atoms with Gasteiger partial charge in [-0.25, -0.2) is 0 Å². The molecule has 5 heteroatoms. The number of anilines is 1. The van der Waals surface area contributed by atoms with E-state index in [0.717, 1.165) is 5.56 Å². The van der Waals surface area contributed by atoms with Crippen molar-refractivity contribution in [3.63, 3.8) is 0 Å². The van der Waals surface area contributed by atoms with Crippen molar-refractivity contribution in [3.8, 4) is 11.4 Å². The van der Waals surface area contributed by atoms with Gasteiger partial charge in [-0.1, -0.05) is 5.16 Å². The van der Waals surface area contributed by atoms with Crippen molar-refractivity contribution in [2.24, 2.45) is 0 Å². The summed E-state index contributed by atoms with van der Waals surface area (Å²) < 4.78 is 5.05. The largest absolute Gasteiger partial charge is 0.399 e. The first-order valence-corrected chi connectivity index (χ1v) is 5.09. The molecule has 0 amide bonds. The Bertz CT molecular complexity index is 451. The number of nitrogens with two attached hydrogens (primary N) is 1. The van der Waals surface area contributed by atoms with Crippen molar-refractivity contribution in [3.05, 3.63) is 30.2 Å². The molecule has 0 saturated carbocycles. The van der Waals surface area contributed by atoms with E-state index in [1.54, 1.807) is 12.1 Å². The summed E-state index contributed by atoms with van der Waals surface area (Å²) in [6.07, 6.45) is 1.22. The lowest BCUT2D eigenvalue weighted by Crippen LogP contribution is -1.89. The highest BCUT2D eigenvalue weighted by molar-refractivity contribution is 5.57. The van der Waals surface area contributed by atoms with E-state index in [0.29, 0.717) is 30.2 Å². The standard InChI is InChI=1S/C11H13N3O2/c12-9-5-3-8(4-6-9)11-13-10(16-14-11)2-1-7-15/h3-6,15H,1-2,7,12H2. The van der Waals surface area contributed by atoms with Gasteiger partial charge in [0.15, 0.2) is 0 Å². The van der Waals surface area contributed by atoms with Crippen LogP contribution in [-0.4, -0.2) is 21.9 Å². The van der Waals surface area contributed by atoms with E-state index in [1.807, 2.05) is 12.1 Å². The Labute approximate surface area is 92.9 Å². The van der Waals surface area contributed by atoms with Gasteiger partial charge >= 0.3 is 0 Å². The van der Waals surface area contributed by atoms with Gasteiger partial charge < -0.3 is 15.4 Å². The Hall–Kier alpha value is -1.88. The van der Waals surface area contributed by atoms with Crippen molar-refractivity contribution < 1.29 is 9.63 Å². The fourth-order valence-corrected chi connectivity index (χ4v) is 1.34. The molecule has 1 aromatic heterocycles. The maximum absolute atomic E-state index is 8.68. The smallest absolute Gasteiger partial charge is 0.227 e. The van der Waals surface area contributed by atoms with Gasteiger partial charge in [0.1, 0.15) is 0 Å². The number of hydrogen-bond acceptors (Lipinski definition) is 5. The minimum atomic E-state index is 0.125. The fourth-order valence-electron chi connectivity index (χ4n) is 1.34. The van der Waals surface area contributed by atoms with Crippen LogP contribution in [0, 0.1) is 0 Å². The minimum absolute atomic E-state index is 0.125. The van der Waals surface area contributed by atoms with Gasteiger partial charge in [0.2, 0.25) is 11.7 Å². The molecule has 0 aliphatic carbocycles. The number of nitrogens with zero attached hydrogens (tertiary/aromatic N) is 2. The highest BCUT2D eigenvalue weighted by atomic mass is 16.5. The molecule has 3 N–H and O–H groups in total. The van der Waals surface area contributed by atoms with E-state index in [4.69, 9.17) is 15.4 Å². The van der Waals surface area contributed by atoms with Crippen LogP contribution in [0.1, 0.15) is 12.3 Å². The van der Waals surface area contributed by atoms with Gasteiger partial charge in [-0.05, 0) is 30.7 Å². The lowest BCUT2D eigenvalue weighted by molar-refractivity contribution is 0.278. The van der Waals surface area contributed by atoms with Gasteiger partial charge in [0, 0.05) is 24.3 Å². The molecule has 1 aromatic carbocycles. The number of aliphatic hydroxyl groups is 1. The molecule has 5 nitrogen and oxygen atoms in total. The topological polar surface area (TPSA) is 85.2 Å². The first-order chi connectivity index (χ1) is 7.79. The average molecular weight is 219 g/mol. The molecule has 0 atom stereocenters. The molecular weight excluding hydrogens is 206 g/mol. The summed E-state index contributed by atoms with van der Waals surface area (Å²) in [6, 6.07) is 7.27. The lowest BCUT2D eigenvalue weighted by atomic mass is 10.2. The molecule has 0 fully saturated rings. The number of hydrogen-bond donors (Lipinski definition) is 2. The molecule has 0 aliphatic heterocycles. The Morgan fingerprint density at radius 1 is 1.25 bits per heavy atom. The van der Waals surface area contributed by atoms with Crippen molar-refractivity contribution in [2.75, 3.05) is 12.3 Å². The SMILES string of the molecule is Nc1ccc(-c2noc(CCCO)n2)cc1. The molecule has 0 unspecified atom stereocenters. The number of aryl methyl sites for hydroxylation is 1. The van der Waals surface area contributed by atoms with E-state index in [1.165, 1.54) is 0 Å². The van der Waals surface area contributed by atoms with Crippen LogP contribution in [0.3, 0.4) is 0 Å². The summed E-state index contributed by atoms with van der Waals surface area (Å²) in [5.41, 5.74) is 7.15. The van der Waals surface area contributed by atoms with E-state index < -0.39 is 0 Å². The molecular formula is C11H13N3O2. The Morgan fingerprint density at radius 2 is 2.00 bits per heavy atom. The fraction of sp³-hybridized carbons (Fsp3) is 0.273. The molecule has 2 rings (SSSR count). The summed E-state index contributed by atoms with van der Waals surface area (Å²) in [5, 5.41) is 12.5. The van der Waals surface area contributed by atoms with Crippen LogP contribution in [0.2, 0.25) is 0 Å². The molecule has 2 aromatic rings. The molecule has 0 spiro atoms. The lowest BCUT2D eigenvalue weighted by Gasteiger charge is -1.94. The second-order valence-electron chi connectivity index (χ2n) is 3.46. The number of rotatable bonds is 4. The Morgan fingerprint density at radius 3 is 2.69 bits per heavy atom. The third kappa shape index (κ3) is 2.38. The molecule has 0 aliphatic rings. The third-order valence-electron chi connectivity index (χ3n) is 2.19. The van der Waals surface area contributed by atoms with Crippen LogP contribution in [0.25, 0.3) is 11.4 Å². The first kappa shape index (κ1) is 10.6. The molecule has 0 bridgehead atoms. The van der Waals surface area contributed by atoms with Gasteiger partial charge in [-0.2, -0.15) is 4.98 Å². The van der Waals surface area contributed by atoms with Crippen LogP contribution < -0.4 is 5.73 Å². The number of aliphatic hydroxyl groups excluding tert-OH is 1. The summed E-state index contributed by atoms with van der Waals surface area (Å²) in [6.45, 7) is 0.125. The normalized spacial score (nSPS) is 10.6. The van der Waals surface area contributed by atoms with E-state index >= 15 is 0 Å². The maximum Gasteiger partial charge on any atom is 0.227 e. The van der Waals surface area contributed by atoms with E-state index in [9.17, 15) is 0 Å². The van der Waals surface area contributed by atoms with Gasteiger partial charge in [-0.3, -0.25) is 0 Å². The monoisotopic (exact) mass is 219 g/mol. The molecule has 16 heavy (non-hydrogen) atoms. The van der Waals surface area contributed by atoms with Gasteiger partial charge in [0.25, 0.3) is 0 Å². The summed E-state index contributed by atoms with van der Waals surface area (Å²) >= 11 is 0. The predicted octanol–water partition coefficient (Wildman–Crippen LogP) is 1.24. The van der Waals surface area contributed by atoms with E-state index in [2.05, 4.69) is 10.1 Å². The molecule has 0 saturated heterocycles. The second kappa shape index (κ2) is 4.76. The number of nitrogen functional groups attached to an aromatic ring is 1. The molecule has 0 radical (unpaired) electrons. The quantitative estimate of drug-likeness (QED) is 0.756. The number of aromatic nitrogens is 2. The summed E-state index contributed by atoms with van der Waals surface area (Å²) in [5.74, 6) is 1.09. The average Bonchev–Trinajstić information content (AvgIpc) is 2.76. The van der Waals surface area contributed by atoms with Gasteiger partial charge in [-0.15, -0.1) is 0 Å². The number of benzene rings is 1.